The van der Waals surface area contributed by atoms with Crippen LogP contribution in [0, 0.1) is 0 Å². The molecule has 0 bridgehead atoms. The summed E-state index contributed by atoms with van der Waals surface area (Å²) in [5.41, 5.74) is 0. The molecule has 0 aromatic carbocycles. The van der Waals surface area contributed by atoms with Gasteiger partial charge < -0.3 is 14.6 Å². The third kappa shape index (κ3) is 4.58. The topological polar surface area (TPSA) is 60.2 Å². The molecule has 1 fully saturated rings. The predicted molar refractivity (Wildman–Crippen MR) is 72.8 cm³/mol. The summed E-state index contributed by atoms with van der Waals surface area (Å²) in [4.78, 5) is 4.25. The Bertz CT molecular complexity index is 359. The van der Waals surface area contributed by atoms with Gasteiger partial charge in [-0.1, -0.05) is 19.0 Å². The predicted octanol–water partition coefficient (Wildman–Crippen LogP) is 2.46. The Morgan fingerprint density at radius 1 is 1.26 bits per heavy atom. The molecule has 0 aliphatic heterocycles. The van der Waals surface area contributed by atoms with E-state index in [1.54, 1.807) is 0 Å². The van der Waals surface area contributed by atoms with Gasteiger partial charge in [0.1, 0.15) is 6.61 Å². The van der Waals surface area contributed by atoms with Crippen LogP contribution in [-0.2, 0) is 17.8 Å². The largest absolute Gasteiger partial charge is 0.368 e. The van der Waals surface area contributed by atoms with E-state index in [0.717, 1.165) is 31.6 Å². The first-order valence-corrected chi connectivity index (χ1v) is 7.48. The van der Waals surface area contributed by atoms with Crippen LogP contribution in [0.25, 0.3) is 0 Å². The zero-order valence-corrected chi connectivity index (χ0v) is 12.0. The molecule has 5 heteroatoms. The van der Waals surface area contributed by atoms with E-state index in [1.807, 2.05) is 6.92 Å². The summed E-state index contributed by atoms with van der Waals surface area (Å²) >= 11 is 0. The number of nitrogens with zero attached hydrogens (tertiary/aromatic N) is 2. The molecule has 0 amide bonds. The highest BCUT2D eigenvalue weighted by atomic mass is 16.5. The Hall–Kier alpha value is -0.940. The Morgan fingerprint density at radius 2 is 2.05 bits per heavy atom. The summed E-state index contributed by atoms with van der Waals surface area (Å²) in [6.07, 6.45) is 7.00. The number of rotatable bonds is 7. The van der Waals surface area contributed by atoms with Crippen LogP contribution in [0.5, 0.6) is 0 Å². The van der Waals surface area contributed by atoms with Gasteiger partial charge in [0.05, 0.1) is 6.10 Å². The van der Waals surface area contributed by atoms with E-state index in [0.29, 0.717) is 24.6 Å². The van der Waals surface area contributed by atoms with Gasteiger partial charge in [0.25, 0.3) is 5.89 Å². The minimum absolute atomic E-state index is 0.344. The number of nitrogens with one attached hydrogen (secondary N) is 1. The minimum atomic E-state index is 0.344. The molecular weight excluding hydrogens is 242 g/mol. The standard InChI is InChI=1S/C14H25N3O2/c1-3-9-15-11-5-7-12(8-6-11)18-10-14-16-13(4-2)17-19-14/h11-12,15H,3-10H2,1-2H3. The van der Waals surface area contributed by atoms with Crippen LogP contribution in [0.3, 0.4) is 0 Å². The highest BCUT2D eigenvalue weighted by molar-refractivity contribution is 4.84. The number of hydrogen-bond acceptors (Lipinski definition) is 5. The third-order valence-corrected chi connectivity index (χ3v) is 3.63. The molecule has 2 rings (SSSR count). The molecule has 0 radical (unpaired) electrons. The van der Waals surface area contributed by atoms with Crippen LogP contribution < -0.4 is 5.32 Å². The first-order valence-electron chi connectivity index (χ1n) is 7.48. The summed E-state index contributed by atoms with van der Waals surface area (Å²) in [5, 5.41) is 7.45. The molecule has 19 heavy (non-hydrogen) atoms. The molecule has 108 valence electrons. The average Bonchev–Trinajstić information content (AvgIpc) is 2.92. The van der Waals surface area contributed by atoms with Crippen molar-refractivity contribution in [1.82, 2.24) is 15.5 Å². The van der Waals surface area contributed by atoms with Crippen molar-refractivity contribution < 1.29 is 9.26 Å². The van der Waals surface area contributed by atoms with Crippen molar-refractivity contribution in [3.8, 4) is 0 Å². The average molecular weight is 267 g/mol. The molecule has 0 spiro atoms. The van der Waals surface area contributed by atoms with E-state index < -0.39 is 0 Å². The monoisotopic (exact) mass is 267 g/mol. The maximum Gasteiger partial charge on any atom is 0.252 e. The fourth-order valence-corrected chi connectivity index (χ4v) is 2.46. The maximum absolute atomic E-state index is 5.86. The van der Waals surface area contributed by atoms with E-state index in [1.165, 1.54) is 19.3 Å². The van der Waals surface area contributed by atoms with Crippen molar-refractivity contribution in [3.63, 3.8) is 0 Å². The first-order chi connectivity index (χ1) is 9.31. The molecule has 0 unspecified atom stereocenters. The van der Waals surface area contributed by atoms with Crippen LogP contribution in [0.15, 0.2) is 4.52 Å². The molecule has 1 aliphatic carbocycles. The van der Waals surface area contributed by atoms with Gasteiger partial charge in [0.2, 0.25) is 0 Å². The van der Waals surface area contributed by atoms with Crippen molar-refractivity contribution in [2.75, 3.05) is 6.54 Å². The zero-order chi connectivity index (χ0) is 13.5. The second-order valence-corrected chi connectivity index (χ2v) is 5.20. The number of aryl methyl sites for hydroxylation is 1. The summed E-state index contributed by atoms with van der Waals surface area (Å²) < 4.78 is 11.0. The Kier molecular flexibility index (Phi) is 5.79. The molecule has 1 aromatic heterocycles. The molecule has 1 saturated carbocycles. The Labute approximate surface area is 115 Å². The van der Waals surface area contributed by atoms with Gasteiger partial charge in [-0.05, 0) is 38.6 Å². The van der Waals surface area contributed by atoms with Gasteiger partial charge in [-0.25, -0.2) is 0 Å². The highest BCUT2D eigenvalue weighted by Gasteiger charge is 2.21. The second-order valence-electron chi connectivity index (χ2n) is 5.20. The summed E-state index contributed by atoms with van der Waals surface area (Å²) in [6, 6.07) is 0.676. The molecular formula is C14H25N3O2. The molecule has 0 saturated heterocycles. The van der Waals surface area contributed by atoms with Gasteiger partial charge in [0, 0.05) is 12.5 Å². The number of hydrogen-bond donors (Lipinski definition) is 1. The van der Waals surface area contributed by atoms with Crippen LogP contribution in [0.4, 0.5) is 0 Å². The fraction of sp³-hybridized carbons (Fsp3) is 0.857. The van der Waals surface area contributed by atoms with Crippen molar-refractivity contribution in [2.24, 2.45) is 0 Å². The van der Waals surface area contributed by atoms with E-state index in [9.17, 15) is 0 Å². The summed E-state index contributed by atoms with van der Waals surface area (Å²) in [5.74, 6) is 1.36. The van der Waals surface area contributed by atoms with Crippen molar-refractivity contribution in [2.45, 2.75) is 71.1 Å². The molecule has 5 nitrogen and oxygen atoms in total. The van der Waals surface area contributed by atoms with Gasteiger partial charge in [0.15, 0.2) is 5.82 Å². The molecule has 0 atom stereocenters. The fourth-order valence-electron chi connectivity index (χ4n) is 2.46. The third-order valence-electron chi connectivity index (χ3n) is 3.63. The minimum Gasteiger partial charge on any atom is -0.368 e. The Morgan fingerprint density at radius 3 is 2.68 bits per heavy atom. The SMILES string of the molecule is CCCNC1CCC(OCc2nc(CC)no2)CC1. The Balaban J connectivity index is 1.65. The van der Waals surface area contributed by atoms with Crippen molar-refractivity contribution in [1.29, 1.82) is 0 Å². The lowest BCUT2D eigenvalue weighted by Gasteiger charge is -2.28. The van der Waals surface area contributed by atoms with Gasteiger partial charge in [-0.2, -0.15) is 4.98 Å². The first kappa shape index (κ1) is 14.5. The van der Waals surface area contributed by atoms with E-state index in [2.05, 4.69) is 22.4 Å². The summed E-state index contributed by atoms with van der Waals surface area (Å²) in [6.45, 7) is 5.79. The lowest BCUT2D eigenvalue weighted by molar-refractivity contribution is -0.000209. The molecule has 1 aliphatic rings. The van der Waals surface area contributed by atoms with Crippen LogP contribution in [-0.4, -0.2) is 28.8 Å². The quantitative estimate of drug-likeness (QED) is 0.822. The number of aromatic nitrogens is 2. The van der Waals surface area contributed by atoms with Crippen LogP contribution in [0.2, 0.25) is 0 Å². The summed E-state index contributed by atoms with van der Waals surface area (Å²) in [7, 11) is 0. The van der Waals surface area contributed by atoms with E-state index >= 15 is 0 Å². The van der Waals surface area contributed by atoms with Gasteiger partial charge >= 0.3 is 0 Å². The van der Waals surface area contributed by atoms with Gasteiger partial charge in [-0.15, -0.1) is 0 Å². The second kappa shape index (κ2) is 7.60. The van der Waals surface area contributed by atoms with Crippen molar-refractivity contribution >= 4 is 0 Å². The lowest BCUT2D eigenvalue weighted by atomic mass is 9.93. The molecule has 1 aromatic rings. The molecule has 1 heterocycles. The normalized spacial score (nSPS) is 23.7. The van der Waals surface area contributed by atoms with Crippen LogP contribution >= 0.6 is 0 Å². The highest BCUT2D eigenvalue weighted by Crippen LogP contribution is 2.22. The van der Waals surface area contributed by atoms with Crippen LogP contribution in [0.1, 0.15) is 57.7 Å². The number of ether oxygens (including phenoxy) is 1. The zero-order valence-electron chi connectivity index (χ0n) is 12.0. The molecule has 1 N–H and O–H groups in total. The van der Waals surface area contributed by atoms with E-state index in [-0.39, 0.29) is 0 Å². The van der Waals surface area contributed by atoms with Gasteiger partial charge in [-0.3, -0.25) is 0 Å². The lowest BCUT2D eigenvalue weighted by Crippen LogP contribution is -2.35. The van der Waals surface area contributed by atoms with Crippen molar-refractivity contribution in [3.05, 3.63) is 11.7 Å². The maximum atomic E-state index is 5.86. The smallest absolute Gasteiger partial charge is 0.252 e. The van der Waals surface area contributed by atoms with E-state index in [4.69, 9.17) is 9.26 Å².